The van der Waals surface area contributed by atoms with Crippen LogP contribution in [0.4, 0.5) is 30.7 Å². The average Bonchev–Trinajstić information content (AvgIpc) is 2.92. The van der Waals surface area contributed by atoms with Crippen LogP contribution in [0, 0.1) is 17.7 Å². The van der Waals surface area contributed by atoms with Gasteiger partial charge in [-0.15, -0.1) is 0 Å². The third-order valence-corrected chi connectivity index (χ3v) is 7.84. The molecule has 1 aliphatic heterocycles. The summed E-state index contributed by atoms with van der Waals surface area (Å²) in [6.45, 7) is 3.91. The summed E-state index contributed by atoms with van der Waals surface area (Å²) in [5.74, 6) is -0.760. The first-order chi connectivity index (χ1) is 19.3. The van der Waals surface area contributed by atoms with E-state index < -0.39 is 47.7 Å². The van der Waals surface area contributed by atoms with Crippen molar-refractivity contribution in [2.24, 2.45) is 11.8 Å². The predicted octanol–water partition coefficient (Wildman–Crippen LogP) is 7.89. The monoisotopic (exact) mass is 582 g/mol. The minimum Gasteiger partial charge on any atom is -0.351 e. The fourth-order valence-electron chi connectivity index (χ4n) is 5.43. The van der Waals surface area contributed by atoms with E-state index >= 15 is 0 Å². The molecule has 0 bridgehead atoms. The van der Waals surface area contributed by atoms with Gasteiger partial charge in [-0.05, 0) is 104 Å². The summed E-state index contributed by atoms with van der Waals surface area (Å²) < 4.78 is 93.0. The first kappa shape index (κ1) is 30.8. The van der Waals surface area contributed by atoms with Gasteiger partial charge in [0.05, 0.1) is 17.0 Å². The molecule has 2 aliphatic rings. The van der Waals surface area contributed by atoms with Crippen molar-refractivity contribution in [1.82, 2.24) is 10.2 Å². The molecule has 10 heteroatoms. The molecule has 0 saturated carbocycles. The fraction of sp³-hybridized carbons (Fsp3) is 0.452. The summed E-state index contributed by atoms with van der Waals surface area (Å²) in [7, 11) is 0. The average molecular weight is 583 g/mol. The van der Waals surface area contributed by atoms with Gasteiger partial charge >= 0.3 is 12.4 Å². The number of hydrogen-bond donors (Lipinski definition) is 1. The molecule has 1 fully saturated rings. The van der Waals surface area contributed by atoms with Gasteiger partial charge < -0.3 is 10.2 Å². The lowest BCUT2D eigenvalue weighted by Gasteiger charge is -2.34. The molecule has 0 aromatic heterocycles. The molecule has 1 saturated heterocycles. The van der Waals surface area contributed by atoms with Crippen LogP contribution in [0.3, 0.4) is 0 Å². The Bertz CT molecular complexity index is 1220. The Kier molecular flexibility index (Phi) is 9.62. The molecular formula is C31H33F7N2O. The Balaban J connectivity index is 1.42. The van der Waals surface area contributed by atoms with Gasteiger partial charge in [-0.3, -0.25) is 4.79 Å². The zero-order valence-electron chi connectivity index (χ0n) is 22.7. The van der Waals surface area contributed by atoms with E-state index in [1.54, 1.807) is 0 Å². The minimum atomic E-state index is -4.98. The Hall–Kier alpha value is -3.14. The van der Waals surface area contributed by atoms with E-state index in [1.165, 1.54) is 29.8 Å². The summed E-state index contributed by atoms with van der Waals surface area (Å²) in [6.07, 6.45) is 0.157. The SMILES string of the molecule is CC1C=CC(C2CCN(CC[C@H](C(=O)NCc3cc(C(F)(F)F)cc(C(F)(F)F)c3)c3ccc(F)cc3)CC2)=CC1. The number of amides is 1. The summed E-state index contributed by atoms with van der Waals surface area (Å²) in [4.78, 5) is 15.5. The van der Waals surface area contributed by atoms with Crippen molar-refractivity contribution in [3.05, 3.63) is 94.3 Å². The van der Waals surface area contributed by atoms with Gasteiger partial charge in [0.1, 0.15) is 5.82 Å². The summed E-state index contributed by atoms with van der Waals surface area (Å²) in [5, 5.41) is 2.51. The Morgan fingerprint density at radius 3 is 2.12 bits per heavy atom. The van der Waals surface area contributed by atoms with Crippen molar-refractivity contribution in [2.45, 2.75) is 57.4 Å². The zero-order valence-corrected chi connectivity index (χ0v) is 22.7. The number of alkyl halides is 6. The number of carbonyl (C=O) groups excluding carboxylic acids is 1. The van der Waals surface area contributed by atoms with E-state index in [1.807, 2.05) is 0 Å². The number of rotatable bonds is 8. The predicted molar refractivity (Wildman–Crippen MR) is 142 cm³/mol. The van der Waals surface area contributed by atoms with Crippen LogP contribution in [-0.2, 0) is 23.7 Å². The lowest BCUT2D eigenvalue weighted by atomic mass is 9.84. The van der Waals surface area contributed by atoms with Crippen LogP contribution in [0.2, 0.25) is 0 Å². The molecule has 41 heavy (non-hydrogen) atoms. The maximum absolute atomic E-state index is 13.6. The molecule has 1 heterocycles. The van der Waals surface area contributed by atoms with Crippen LogP contribution in [0.15, 0.2) is 66.3 Å². The normalized spacial score (nSPS) is 19.6. The molecule has 1 N–H and O–H groups in total. The topological polar surface area (TPSA) is 32.3 Å². The number of benzene rings is 2. The van der Waals surface area contributed by atoms with Crippen LogP contribution in [0.1, 0.15) is 60.8 Å². The number of halogens is 7. The lowest BCUT2D eigenvalue weighted by Crippen LogP contribution is -2.37. The first-order valence-electron chi connectivity index (χ1n) is 13.7. The Morgan fingerprint density at radius 2 is 1.59 bits per heavy atom. The van der Waals surface area contributed by atoms with E-state index in [0.717, 1.165) is 32.4 Å². The highest BCUT2D eigenvalue weighted by Gasteiger charge is 2.37. The van der Waals surface area contributed by atoms with Crippen molar-refractivity contribution in [3.8, 4) is 0 Å². The zero-order chi connectivity index (χ0) is 29.8. The van der Waals surface area contributed by atoms with Gasteiger partial charge in [0.2, 0.25) is 5.91 Å². The fourth-order valence-corrected chi connectivity index (χ4v) is 5.43. The number of nitrogens with zero attached hydrogens (tertiary/aromatic N) is 1. The van der Waals surface area contributed by atoms with Crippen molar-refractivity contribution in [1.29, 1.82) is 0 Å². The van der Waals surface area contributed by atoms with Crippen LogP contribution >= 0.6 is 0 Å². The third-order valence-electron chi connectivity index (χ3n) is 7.84. The molecule has 3 nitrogen and oxygen atoms in total. The summed E-state index contributed by atoms with van der Waals surface area (Å²) in [6, 6.07) is 6.64. The first-order valence-corrected chi connectivity index (χ1v) is 13.7. The summed E-state index contributed by atoms with van der Waals surface area (Å²) >= 11 is 0. The molecule has 2 atom stereocenters. The van der Waals surface area contributed by atoms with E-state index in [4.69, 9.17) is 0 Å². The highest BCUT2D eigenvalue weighted by atomic mass is 19.4. The quantitative estimate of drug-likeness (QED) is 0.321. The largest absolute Gasteiger partial charge is 0.416 e. The number of piperidine rings is 1. The second-order valence-corrected chi connectivity index (χ2v) is 10.9. The smallest absolute Gasteiger partial charge is 0.351 e. The van der Waals surface area contributed by atoms with Gasteiger partial charge in [-0.2, -0.15) is 26.3 Å². The Labute approximate surface area is 235 Å². The maximum Gasteiger partial charge on any atom is 0.416 e. The molecule has 2 aromatic carbocycles. The van der Waals surface area contributed by atoms with E-state index in [-0.39, 0.29) is 11.6 Å². The van der Waals surface area contributed by atoms with Gasteiger partial charge in [0, 0.05) is 6.54 Å². The van der Waals surface area contributed by atoms with E-state index in [2.05, 4.69) is 35.4 Å². The molecular weight excluding hydrogens is 549 g/mol. The van der Waals surface area contributed by atoms with Gasteiger partial charge in [-0.25, -0.2) is 4.39 Å². The molecule has 1 aliphatic carbocycles. The van der Waals surface area contributed by atoms with Crippen LogP contribution in [0.25, 0.3) is 0 Å². The second-order valence-electron chi connectivity index (χ2n) is 10.9. The summed E-state index contributed by atoms with van der Waals surface area (Å²) in [5.41, 5.74) is -1.31. The van der Waals surface area contributed by atoms with Gasteiger partial charge in [-0.1, -0.05) is 37.3 Å². The Morgan fingerprint density at radius 1 is 0.976 bits per heavy atom. The molecule has 0 radical (unpaired) electrons. The molecule has 1 unspecified atom stereocenters. The molecule has 2 aromatic rings. The van der Waals surface area contributed by atoms with E-state index in [9.17, 15) is 35.5 Å². The van der Waals surface area contributed by atoms with E-state index in [0.29, 0.717) is 42.5 Å². The molecule has 4 rings (SSSR count). The number of nitrogens with one attached hydrogen (secondary N) is 1. The van der Waals surface area contributed by atoms with Crippen molar-refractivity contribution >= 4 is 5.91 Å². The maximum atomic E-state index is 13.6. The molecule has 1 amide bonds. The van der Waals surface area contributed by atoms with Gasteiger partial charge in [0.25, 0.3) is 0 Å². The molecule has 0 spiro atoms. The standard InChI is InChI=1S/C31H33F7N2O/c1-20-2-4-22(5-3-20)23-10-13-40(14-11-23)15-12-28(24-6-8-27(32)9-7-24)29(41)39-19-21-16-25(30(33,34)35)18-26(17-21)31(36,37)38/h2,4-9,16-18,20,23,28H,3,10-15,19H2,1H3,(H,39,41)/t20?,28-/m0/s1. The van der Waals surface area contributed by atoms with Crippen molar-refractivity contribution in [3.63, 3.8) is 0 Å². The molecule has 222 valence electrons. The van der Waals surface area contributed by atoms with Gasteiger partial charge in [0.15, 0.2) is 0 Å². The highest BCUT2D eigenvalue weighted by Crippen LogP contribution is 2.36. The van der Waals surface area contributed by atoms with Crippen LogP contribution < -0.4 is 5.32 Å². The minimum absolute atomic E-state index is 0.0530. The van der Waals surface area contributed by atoms with Crippen molar-refractivity contribution in [2.75, 3.05) is 19.6 Å². The number of hydrogen-bond acceptors (Lipinski definition) is 2. The lowest BCUT2D eigenvalue weighted by molar-refractivity contribution is -0.143. The van der Waals surface area contributed by atoms with Crippen LogP contribution in [0.5, 0.6) is 0 Å². The number of likely N-dealkylation sites (tertiary alicyclic amines) is 1. The third kappa shape index (κ3) is 8.44. The number of carbonyl (C=O) groups is 1. The second kappa shape index (κ2) is 12.8. The van der Waals surface area contributed by atoms with Crippen molar-refractivity contribution < 1.29 is 35.5 Å². The van der Waals surface area contributed by atoms with Crippen LogP contribution in [-0.4, -0.2) is 30.4 Å². The number of allylic oxidation sites excluding steroid dienone is 4. The highest BCUT2D eigenvalue weighted by molar-refractivity contribution is 5.83.